The molecule has 2 saturated carbocycles. The molecule has 1 aromatic carbocycles. The van der Waals surface area contributed by atoms with Crippen molar-refractivity contribution >= 4 is 50.2 Å². The van der Waals surface area contributed by atoms with E-state index in [0.717, 1.165) is 22.3 Å². The standard InChI is InChI=1S/C35H34BrN7O4/c1-6-8-21-12-22(23-14-37-20(5)38-15-23)13-24-29(19(4)44)41-42(30(21)24)16-26(45)43-31(27-28-32(43)35(27,28)17-47-11-7-2)34(46)40-33-18(3)9-10-25(36)39-33/h6-7,9-10,12-15,27-28,31-32H,1-2,8,11,16-17H2,3-5H3,(H,39,40,46)/t27?,28?,31-,32+,35-/m0/s1. The van der Waals surface area contributed by atoms with Gasteiger partial charge in [-0.25, -0.2) is 15.0 Å². The number of aryl methyl sites for hydroxylation is 2. The number of piperidine rings is 1. The summed E-state index contributed by atoms with van der Waals surface area (Å²) in [6.45, 7) is 13.5. The summed E-state index contributed by atoms with van der Waals surface area (Å²) in [5.41, 5.74) is 4.01. The van der Waals surface area contributed by atoms with Crippen molar-refractivity contribution in [2.24, 2.45) is 17.3 Å². The Balaban J connectivity index is 1.24. The summed E-state index contributed by atoms with van der Waals surface area (Å²) in [5, 5.41) is 8.29. The lowest BCUT2D eigenvalue weighted by molar-refractivity contribution is -0.137. The predicted molar refractivity (Wildman–Crippen MR) is 180 cm³/mol. The number of ether oxygens (including phenoxy) is 1. The smallest absolute Gasteiger partial charge is 0.248 e. The minimum Gasteiger partial charge on any atom is -0.377 e. The maximum atomic E-state index is 14.3. The van der Waals surface area contributed by atoms with Crippen LogP contribution in [-0.4, -0.2) is 72.5 Å². The summed E-state index contributed by atoms with van der Waals surface area (Å²) in [6, 6.07) is 6.79. The molecule has 1 N–H and O–H groups in total. The Kier molecular flexibility index (Phi) is 7.67. The van der Waals surface area contributed by atoms with Crippen LogP contribution in [-0.2, 0) is 27.3 Å². The Hall–Kier alpha value is -4.55. The molecule has 0 radical (unpaired) electrons. The highest BCUT2D eigenvalue weighted by molar-refractivity contribution is 9.10. The second kappa shape index (κ2) is 11.6. The number of hydrogen-bond donors (Lipinski definition) is 1. The highest BCUT2D eigenvalue weighted by atomic mass is 79.9. The van der Waals surface area contributed by atoms with Gasteiger partial charge in [-0.15, -0.1) is 13.2 Å². The zero-order valence-electron chi connectivity index (χ0n) is 26.4. The number of benzene rings is 1. The number of rotatable bonds is 12. The summed E-state index contributed by atoms with van der Waals surface area (Å²) in [5.74, 6) is 0.545. The van der Waals surface area contributed by atoms with Gasteiger partial charge in [-0.05, 0) is 77.0 Å². The zero-order valence-corrected chi connectivity index (χ0v) is 28.0. The van der Waals surface area contributed by atoms with E-state index in [1.54, 1.807) is 34.1 Å². The Bertz CT molecular complexity index is 1990. The first-order chi connectivity index (χ1) is 22.6. The molecule has 4 aliphatic rings. The van der Waals surface area contributed by atoms with Crippen molar-refractivity contribution in [3.8, 4) is 11.1 Å². The van der Waals surface area contributed by atoms with E-state index in [1.807, 2.05) is 38.1 Å². The van der Waals surface area contributed by atoms with Crippen LogP contribution in [0.3, 0.4) is 0 Å². The number of amides is 2. The SMILES string of the molecule is C=CCOC[C@]12C3C1[C@H]2N(C(=O)Cn1nc(C(C)=O)c2cc(-c4cnc(C)nc4)cc(CC=C)c21)[C@@H]3C(=O)Nc1nc(Br)ccc1C. The van der Waals surface area contributed by atoms with Gasteiger partial charge in [0.1, 0.15) is 34.5 Å². The van der Waals surface area contributed by atoms with Crippen LogP contribution in [0.4, 0.5) is 5.82 Å². The van der Waals surface area contributed by atoms with E-state index in [9.17, 15) is 14.4 Å². The number of nitrogens with zero attached hydrogens (tertiary/aromatic N) is 6. The molecule has 3 aromatic heterocycles. The van der Waals surface area contributed by atoms with Gasteiger partial charge in [0.15, 0.2) is 5.78 Å². The van der Waals surface area contributed by atoms with Crippen LogP contribution < -0.4 is 5.32 Å². The van der Waals surface area contributed by atoms with Crippen molar-refractivity contribution in [2.45, 2.75) is 45.8 Å². The minimum atomic E-state index is -0.681. The van der Waals surface area contributed by atoms with E-state index >= 15 is 0 Å². The largest absolute Gasteiger partial charge is 0.377 e. The van der Waals surface area contributed by atoms with Crippen molar-refractivity contribution in [2.75, 3.05) is 18.5 Å². The molecule has 5 heterocycles. The molecule has 12 heteroatoms. The lowest BCUT2D eigenvalue weighted by Crippen LogP contribution is -2.45. The molecule has 47 heavy (non-hydrogen) atoms. The second-order valence-corrected chi connectivity index (χ2v) is 13.4. The third kappa shape index (κ3) is 5.01. The van der Waals surface area contributed by atoms with Crippen LogP contribution in [0.1, 0.15) is 34.4 Å². The lowest BCUT2D eigenvalue weighted by atomic mass is 9.98. The molecule has 11 nitrogen and oxygen atoms in total. The van der Waals surface area contributed by atoms with E-state index in [0.29, 0.717) is 46.8 Å². The number of halogens is 1. The van der Waals surface area contributed by atoms with Crippen LogP contribution in [0.5, 0.6) is 0 Å². The fourth-order valence-corrected chi connectivity index (χ4v) is 7.87. The molecule has 8 rings (SSSR count). The third-order valence-electron chi connectivity index (χ3n) is 9.71. The van der Waals surface area contributed by atoms with E-state index in [2.05, 4.69) is 54.5 Å². The predicted octanol–water partition coefficient (Wildman–Crippen LogP) is 4.87. The van der Waals surface area contributed by atoms with Gasteiger partial charge in [0.25, 0.3) is 0 Å². The summed E-state index contributed by atoms with van der Waals surface area (Å²) >= 11 is 3.38. The number of Topliss-reactive ketones (excluding diaryl/α,β-unsaturated/α-hetero) is 1. The lowest BCUT2D eigenvalue weighted by Gasteiger charge is -2.24. The maximum absolute atomic E-state index is 14.3. The molecule has 4 aromatic rings. The third-order valence-corrected chi connectivity index (χ3v) is 10.2. The highest BCUT2D eigenvalue weighted by Crippen LogP contribution is 2.87. The van der Waals surface area contributed by atoms with Crippen molar-refractivity contribution < 1.29 is 19.1 Å². The number of allylic oxidation sites excluding steroid dienone is 1. The number of nitrogens with one attached hydrogen (secondary N) is 1. The summed E-state index contributed by atoms with van der Waals surface area (Å²) < 4.78 is 8.06. The van der Waals surface area contributed by atoms with E-state index < -0.39 is 6.04 Å². The van der Waals surface area contributed by atoms with Crippen LogP contribution >= 0.6 is 15.9 Å². The summed E-state index contributed by atoms with van der Waals surface area (Å²) in [7, 11) is 0. The number of carbonyl (C=O) groups is 3. The number of carbonyl (C=O) groups excluding carboxylic acids is 3. The molecule has 2 aliphatic heterocycles. The number of fused-ring (bicyclic) bond motifs is 2. The number of aromatic nitrogens is 5. The van der Waals surface area contributed by atoms with Crippen LogP contribution in [0, 0.1) is 31.1 Å². The topological polar surface area (TPSA) is 132 Å². The molecule has 0 spiro atoms. The van der Waals surface area contributed by atoms with Crippen LogP contribution in [0.25, 0.3) is 22.0 Å². The number of anilines is 1. The highest BCUT2D eigenvalue weighted by Gasteiger charge is 2.96. The summed E-state index contributed by atoms with van der Waals surface area (Å²) in [6.07, 6.45) is 7.45. The monoisotopic (exact) mass is 695 g/mol. The molecule has 2 bridgehead atoms. The van der Waals surface area contributed by atoms with E-state index in [4.69, 9.17) is 4.74 Å². The second-order valence-electron chi connectivity index (χ2n) is 12.6. The Morgan fingerprint density at radius 3 is 2.55 bits per heavy atom. The molecular formula is C35H34BrN7O4. The van der Waals surface area contributed by atoms with Crippen molar-refractivity contribution in [1.82, 2.24) is 29.6 Å². The quantitative estimate of drug-likeness (QED) is 0.0962. The van der Waals surface area contributed by atoms with Gasteiger partial charge in [-0.2, -0.15) is 5.10 Å². The van der Waals surface area contributed by atoms with Crippen molar-refractivity contribution in [3.63, 3.8) is 0 Å². The van der Waals surface area contributed by atoms with Gasteiger partial charge in [0.05, 0.1) is 18.7 Å². The number of pyridine rings is 1. The van der Waals surface area contributed by atoms with Crippen molar-refractivity contribution in [1.29, 1.82) is 0 Å². The molecule has 240 valence electrons. The zero-order chi connectivity index (χ0) is 33.2. The minimum absolute atomic E-state index is 0.00789. The van der Waals surface area contributed by atoms with Gasteiger partial charge in [-0.1, -0.05) is 18.2 Å². The number of hydrogen-bond acceptors (Lipinski definition) is 8. The van der Waals surface area contributed by atoms with Gasteiger partial charge >= 0.3 is 0 Å². The summed E-state index contributed by atoms with van der Waals surface area (Å²) in [4.78, 5) is 55.9. The van der Waals surface area contributed by atoms with E-state index in [-0.39, 0.29) is 53.1 Å². The van der Waals surface area contributed by atoms with Gasteiger partial charge in [-0.3, -0.25) is 19.1 Å². The Morgan fingerprint density at radius 1 is 1.09 bits per heavy atom. The van der Waals surface area contributed by atoms with Crippen molar-refractivity contribution in [3.05, 3.63) is 89.2 Å². The Morgan fingerprint density at radius 2 is 1.85 bits per heavy atom. The maximum Gasteiger partial charge on any atom is 0.248 e. The van der Waals surface area contributed by atoms with Crippen LogP contribution in [0.15, 0.2) is 66.6 Å². The first-order valence-electron chi connectivity index (χ1n) is 15.5. The molecular weight excluding hydrogens is 662 g/mol. The van der Waals surface area contributed by atoms with Gasteiger partial charge in [0.2, 0.25) is 11.8 Å². The number of ketones is 1. The van der Waals surface area contributed by atoms with Gasteiger partial charge in [0, 0.05) is 47.6 Å². The molecule has 2 amide bonds. The normalized spacial score (nSPS) is 23.4. The fourth-order valence-electron chi connectivity index (χ4n) is 7.56. The Labute approximate surface area is 280 Å². The first kappa shape index (κ1) is 31.1. The molecule has 5 atom stereocenters. The molecule has 2 aliphatic carbocycles. The van der Waals surface area contributed by atoms with Gasteiger partial charge < -0.3 is 15.0 Å². The fraction of sp³-hybridized carbons (Fsp3) is 0.343. The molecule has 2 unspecified atom stereocenters. The molecule has 4 fully saturated rings. The van der Waals surface area contributed by atoms with Crippen LogP contribution in [0.2, 0.25) is 0 Å². The van der Waals surface area contributed by atoms with E-state index in [1.165, 1.54) is 6.92 Å². The molecule has 2 saturated heterocycles. The average Bonchev–Trinajstić information content (AvgIpc) is 3.64. The first-order valence-corrected chi connectivity index (χ1v) is 16.3. The average molecular weight is 697 g/mol.